The van der Waals surface area contributed by atoms with E-state index in [-0.39, 0.29) is 48.9 Å². The van der Waals surface area contributed by atoms with Crippen LogP contribution in [0.1, 0.15) is 45.6 Å². The molecule has 206 valence electrons. The molecule has 1 unspecified atom stereocenters. The summed E-state index contributed by atoms with van der Waals surface area (Å²) in [7, 11) is -3.89. The van der Waals surface area contributed by atoms with Crippen molar-refractivity contribution < 1.29 is 36.1 Å². The van der Waals surface area contributed by atoms with Crippen molar-refractivity contribution in [1.82, 2.24) is 9.62 Å². The second-order valence-corrected chi connectivity index (χ2v) is 12.3. The quantitative estimate of drug-likeness (QED) is 0.366. The van der Waals surface area contributed by atoms with Crippen molar-refractivity contribution in [3.63, 3.8) is 0 Å². The average molecular weight is 556 g/mol. The van der Waals surface area contributed by atoms with Crippen LogP contribution < -0.4 is 4.72 Å². The first-order valence-corrected chi connectivity index (χ1v) is 13.7. The maximum atomic E-state index is 15.7. The second-order valence-electron chi connectivity index (χ2n) is 10.3. The normalized spacial score (nSPS) is 22.1. The zero-order valence-corrected chi connectivity index (χ0v) is 22.0. The minimum absolute atomic E-state index is 0.0193. The van der Waals surface area contributed by atoms with Gasteiger partial charge in [-0.05, 0) is 62.8 Å². The van der Waals surface area contributed by atoms with Gasteiger partial charge in [0.15, 0.2) is 5.60 Å². The number of hydrogen-bond acceptors (Lipinski definition) is 5. The molecule has 12 heteroatoms. The van der Waals surface area contributed by atoms with Gasteiger partial charge < -0.3 is 9.64 Å². The van der Waals surface area contributed by atoms with Crippen LogP contribution in [0.5, 0.6) is 0 Å². The predicted octanol–water partition coefficient (Wildman–Crippen LogP) is 4.64. The van der Waals surface area contributed by atoms with Crippen molar-refractivity contribution in [2.24, 2.45) is 0 Å². The fourth-order valence-corrected chi connectivity index (χ4v) is 6.43. The van der Waals surface area contributed by atoms with Crippen molar-refractivity contribution in [2.75, 3.05) is 6.54 Å². The largest absolute Gasteiger partial charge is 0.450 e. The Morgan fingerprint density at radius 2 is 1.82 bits per heavy atom. The van der Waals surface area contributed by atoms with Crippen molar-refractivity contribution in [1.29, 1.82) is 4.78 Å². The molecule has 2 aliphatic rings. The number of nitrogens with one attached hydrogen (secondary N) is 2. The second kappa shape index (κ2) is 9.96. The molecule has 0 radical (unpaired) electrons. The van der Waals surface area contributed by atoms with E-state index in [1.807, 2.05) is 0 Å². The van der Waals surface area contributed by atoms with E-state index < -0.39 is 61.9 Å². The minimum atomic E-state index is -3.89. The third-order valence-electron chi connectivity index (χ3n) is 6.88. The van der Waals surface area contributed by atoms with Crippen LogP contribution in [0.3, 0.4) is 0 Å². The van der Waals surface area contributed by atoms with Crippen LogP contribution in [0.2, 0.25) is 0 Å². The van der Waals surface area contributed by atoms with Gasteiger partial charge in [0, 0.05) is 31.1 Å². The molecule has 3 atom stereocenters. The van der Waals surface area contributed by atoms with Gasteiger partial charge in [0.1, 0.15) is 27.4 Å². The number of ether oxygens (including phenoxy) is 1. The molecule has 1 aliphatic carbocycles. The molecule has 1 amide bonds. The maximum absolute atomic E-state index is 15.7. The van der Waals surface area contributed by atoms with Gasteiger partial charge in [0.2, 0.25) is 5.00 Å². The number of alkyl halides is 1. The molecule has 7 nitrogen and oxygen atoms in total. The van der Waals surface area contributed by atoms with Crippen LogP contribution in [0.15, 0.2) is 36.4 Å². The highest BCUT2D eigenvalue weighted by Crippen LogP contribution is 2.45. The summed E-state index contributed by atoms with van der Waals surface area (Å²) in [4.78, 5) is 26.3. The summed E-state index contributed by atoms with van der Waals surface area (Å²) < 4.78 is 86.7. The Kier molecular flexibility index (Phi) is 7.34. The van der Waals surface area contributed by atoms with Gasteiger partial charge in [-0.15, -0.1) is 0 Å². The molecular weight excluding hydrogens is 526 g/mol. The third kappa shape index (κ3) is 5.56. The Balaban J connectivity index is 1.70. The molecular formula is C26H29F4N3O4S. The van der Waals surface area contributed by atoms with Crippen LogP contribution in [0, 0.1) is 22.2 Å². The Morgan fingerprint density at radius 3 is 2.39 bits per heavy atom. The lowest BCUT2D eigenvalue weighted by molar-refractivity contribution is -0.169. The average Bonchev–Trinajstić information content (AvgIpc) is 3.45. The molecule has 1 saturated carbocycles. The number of nitrogens with zero attached hydrogens (tertiary/aromatic N) is 1. The van der Waals surface area contributed by atoms with E-state index in [1.54, 1.807) is 0 Å². The van der Waals surface area contributed by atoms with E-state index in [1.165, 1.54) is 36.9 Å². The fraction of sp³-hybridized carbons (Fsp3) is 0.462. The first-order valence-electron chi connectivity index (χ1n) is 12.1. The fourth-order valence-electron chi connectivity index (χ4n) is 4.84. The van der Waals surface area contributed by atoms with Crippen molar-refractivity contribution in [3.05, 3.63) is 59.4 Å². The monoisotopic (exact) mass is 555 g/mol. The zero-order valence-electron chi connectivity index (χ0n) is 21.2. The lowest BCUT2D eigenvalue weighted by atomic mass is 9.95. The summed E-state index contributed by atoms with van der Waals surface area (Å²) >= 11 is 0. The van der Waals surface area contributed by atoms with E-state index in [2.05, 4.69) is 4.72 Å². The number of halogens is 4. The van der Waals surface area contributed by atoms with Crippen molar-refractivity contribution in [3.8, 4) is 11.1 Å². The van der Waals surface area contributed by atoms with E-state index in [0.29, 0.717) is 6.07 Å². The highest BCUT2D eigenvalue weighted by Gasteiger charge is 2.55. The minimum Gasteiger partial charge on any atom is -0.450 e. The summed E-state index contributed by atoms with van der Waals surface area (Å²) in [6.45, 7) is 4.06. The van der Waals surface area contributed by atoms with E-state index in [4.69, 9.17) is 9.52 Å². The summed E-state index contributed by atoms with van der Waals surface area (Å²) in [5.74, 6) is -3.80. The number of amides is 1. The lowest BCUT2D eigenvalue weighted by Crippen LogP contribution is -2.54. The molecule has 2 aromatic carbocycles. The number of carbonyl (C=O) groups is 2. The number of likely N-dealkylation sites (tertiary alicyclic amines) is 1. The number of hydrogen-bond donors (Lipinski definition) is 2. The summed E-state index contributed by atoms with van der Waals surface area (Å²) in [6, 6.07) is 5.24. The van der Waals surface area contributed by atoms with Crippen LogP contribution >= 0.6 is 0 Å². The van der Waals surface area contributed by atoms with Crippen LogP contribution in [0.25, 0.3) is 11.1 Å². The lowest BCUT2D eigenvalue weighted by Gasteiger charge is -2.34. The van der Waals surface area contributed by atoms with Crippen LogP contribution in [0.4, 0.5) is 17.6 Å². The molecule has 38 heavy (non-hydrogen) atoms. The highest BCUT2D eigenvalue weighted by atomic mass is 32.2. The molecule has 2 aromatic rings. The van der Waals surface area contributed by atoms with Gasteiger partial charge in [0.05, 0.1) is 6.04 Å². The molecule has 4 rings (SSSR count). The highest BCUT2D eigenvalue weighted by molar-refractivity contribution is 7.92. The first-order chi connectivity index (χ1) is 17.6. The number of benzene rings is 2. The molecule has 1 saturated heterocycles. The summed E-state index contributed by atoms with van der Waals surface area (Å²) in [5.41, 5.74) is -1.56. The van der Waals surface area contributed by atoms with Gasteiger partial charge >= 0.3 is 5.97 Å². The smallest absolute Gasteiger partial charge is 0.303 e. The Morgan fingerprint density at radius 1 is 1.18 bits per heavy atom. The van der Waals surface area contributed by atoms with E-state index in [9.17, 15) is 27.0 Å². The molecule has 0 aromatic heterocycles. The predicted molar refractivity (Wildman–Crippen MR) is 132 cm³/mol. The molecule has 1 aliphatic heterocycles. The van der Waals surface area contributed by atoms with Gasteiger partial charge in [-0.1, -0.05) is 18.2 Å². The van der Waals surface area contributed by atoms with Crippen LogP contribution in [-0.2, 0) is 30.7 Å². The molecule has 1 heterocycles. The first kappa shape index (κ1) is 28.0. The number of esters is 1. The standard InChI is InChI=1S/C26H29F4N3O4S/c1-15(34)37-25(2,3)24(35)33-10-7-21(32-38(31,36)26(30)8-9-26)22(33)13-16-5-4-6-20(23(16)29)17-11-18(27)14-19(28)12-17/h4-6,11-12,14,21-22H,7-10,13H2,1-3H3,(H2,31,32,36)/t21-,22-,38?/m0/s1. The molecule has 2 fully saturated rings. The summed E-state index contributed by atoms with van der Waals surface area (Å²) in [5, 5.41) is -2.17. The van der Waals surface area contributed by atoms with Gasteiger partial charge in [0.25, 0.3) is 5.91 Å². The molecule has 0 spiro atoms. The van der Waals surface area contributed by atoms with Gasteiger partial charge in [-0.3, -0.25) is 9.59 Å². The Bertz CT molecular complexity index is 1360. The summed E-state index contributed by atoms with van der Waals surface area (Å²) in [6.07, 6.45) is -0.00775. The maximum Gasteiger partial charge on any atom is 0.303 e. The number of rotatable bonds is 8. The van der Waals surface area contributed by atoms with Crippen molar-refractivity contribution in [2.45, 2.75) is 69.1 Å². The third-order valence-corrected chi connectivity index (χ3v) is 8.95. The SMILES string of the molecule is CC(=O)OC(C)(C)C(=O)N1CC[C@H](NS(=N)(=O)C2(F)CC2)[C@@H]1Cc1cccc(-c2cc(F)cc(F)c2)c1F. The van der Waals surface area contributed by atoms with E-state index >= 15 is 4.39 Å². The number of carbonyl (C=O) groups excluding carboxylic acids is 2. The molecule has 2 N–H and O–H groups in total. The molecule has 0 bridgehead atoms. The zero-order chi connectivity index (χ0) is 28.0. The van der Waals surface area contributed by atoms with E-state index in [0.717, 1.165) is 19.1 Å². The van der Waals surface area contributed by atoms with Gasteiger partial charge in [-0.2, -0.15) is 0 Å². The Hall–Kier alpha value is -2.99. The van der Waals surface area contributed by atoms with Crippen LogP contribution in [-0.4, -0.2) is 50.2 Å². The van der Waals surface area contributed by atoms with Crippen molar-refractivity contribution >= 4 is 21.8 Å². The van der Waals surface area contributed by atoms with Gasteiger partial charge in [-0.25, -0.2) is 31.3 Å². The topological polar surface area (TPSA) is 99.6 Å². The Labute approximate surface area is 218 Å².